The molecule has 0 saturated heterocycles. The first-order valence-electron chi connectivity index (χ1n) is 6.37. The number of fused-ring (bicyclic) bond motifs is 1. The smallest absolute Gasteiger partial charge is 0.261 e. The zero-order valence-electron chi connectivity index (χ0n) is 10.9. The molecule has 1 amide bonds. The van der Waals surface area contributed by atoms with Crippen LogP contribution >= 0.6 is 11.3 Å². The fraction of sp³-hybridized carbons (Fsp3) is 0.357. The summed E-state index contributed by atoms with van der Waals surface area (Å²) in [6.07, 6.45) is 0.672. The molecule has 108 valence electrons. The van der Waals surface area contributed by atoms with E-state index in [0.717, 1.165) is 4.70 Å². The van der Waals surface area contributed by atoms with Crippen LogP contribution in [0, 0.1) is 5.82 Å². The number of amides is 1. The Balaban J connectivity index is 1.86. The quantitative estimate of drug-likeness (QED) is 0.770. The van der Waals surface area contributed by atoms with Crippen molar-refractivity contribution in [2.75, 3.05) is 26.4 Å². The highest BCUT2D eigenvalue weighted by molar-refractivity contribution is 7.20. The first kappa shape index (κ1) is 14.9. The van der Waals surface area contributed by atoms with E-state index < -0.39 is 0 Å². The number of carbonyl (C=O) groups excluding carboxylic acids is 1. The van der Waals surface area contributed by atoms with Crippen molar-refractivity contribution in [2.24, 2.45) is 0 Å². The fourth-order valence-corrected chi connectivity index (χ4v) is 2.76. The maximum absolute atomic E-state index is 13.5. The number of nitrogens with one attached hydrogen (secondary N) is 1. The summed E-state index contributed by atoms with van der Waals surface area (Å²) in [4.78, 5) is 12.4. The third-order valence-corrected chi connectivity index (χ3v) is 3.82. The molecule has 0 atom stereocenters. The van der Waals surface area contributed by atoms with Gasteiger partial charge in [-0.05, 0) is 24.6 Å². The van der Waals surface area contributed by atoms with Crippen LogP contribution in [-0.2, 0) is 4.74 Å². The first-order valence-corrected chi connectivity index (χ1v) is 7.19. The Bertz CT molecular complexity index is 585. The van der Waals surface area contributed by atoms with Gasteiger partial charge in [0, 0.05) is 23.2 Å². The van der Waals surface area contributed by atoms with Crippen molar-refractivity contribution in [1.29, 1.82) is 0 Å². The van der Waals surface area contributed by atoms with Gasteiger partial charge in [0.25, 0.3) is 5.91 Å². The molecule has 2 N–H and O–H groups in total. The molecule has 20 heavy (non-hydrogen) atoms. The van der Waals surface area contributed by atoms with E-state index in [9.17, 15) is 9.18 Å². The number of ether oxygens (including phenoxy) is 1. The highest BCUT2D eigenvalue weighted by Crippen LogP contribution is 2.27. The SMILES string of the molecule is O=C(NCCCOCCO)c1cc2c(F)cccc2s1. The van der Waals surface area contributed by atoms with Gasteiger partial charge >= 0.3 is 0 Å². The minimum absolute atomic E-state index is 0.000290. The van der Waals surface area contributed by atoms with E-state index in [4.69, 9.17) is 9.84 Å². The standard InChI is InChI=1S/C14H16FNO3S/c15-11-3-1-4-12-10(11)9-13(20-12)14(18)16-5-2-7-19-8-6-17/h1,3-4,9,17H,2,5-8H2,(H,16,18). The van der Waals surface area contributed by atoms with E-state index in [2.05, 4.69) is 5.32 Å². The Morgan fingerprint density at radius 1 is 1.40 bits per heavy atom. The zero-order chi connectivity index (χ0) is 14.4. The number of aliphatic hydroxyl groups excluding tert-OH is 1. The van der Waals surface area contributed by atoms with E-state index in [1.54, 1.807) is 18.2 Å². The molecular weight excluding hydrogens is 281 g/mol. The van der Waals surface area contributed by atoms with Gasteiger partial charge in [0.05, 0.1) is 18.1 Å². The van der Waals surface area contributed by atoms with E-state index in [1.165, 1.54) is 17.4 Å². The van der Waals surface area contributed by atoms with Gasteiger partial charge in [-0.25, -0.2) is 4.39 Å². The van der Waals surface area contributed by atoms with Crippen molar-refractivity contribution >= 4 is 27.3 Å². The van der Waals surface area contributed by atoms with Crippen molar-refractivity contribution in [3.8, 4) is 0 Å². The summed E-state index contributed by atoms with van der Waals surface area (Å²) < 4.78 is 19.4. The summed E-state index contributed by atoms with van der Waals surface area (Å²) in [6, 6.07) is 6.39. The molecule has 0 aliphatic rings. The molecule has 0 fully saturated rings. The Kier molecular flexibility index (Phi) is 5.46. The van der Waals surface area contributed by atoms with Gasteiger partial charge in [0.2, 0.25) is 0 Å². The van der Waals surface area contributed by atoms with Crippen molar-refractivity contribution in [2.45, 2.75) is 6.42 Å². The fourth-order valence-electron chi connectivity index (χ4n) is 1.77. The van der Waals surface area contributed by atoms with Gasteiger partial charge in [-0.1, -0.05) is 6.07 Å². The summed E-state index contributed by atoms with van der Waals surface area (Å²) in [7, 11) is 0. The van der Waals surface area contributed by atoms with Gasteiger partial charge in [-0.3, -0.25) is 4.79 Å². The second-order valence-electron chi connectivity index (χ2n) is 4.21. The normalized spacial score (nSPS) is 10.9. The lowest BCUT2D eigenvalue weighted by Crippen LogP contribution is -2.24. The maximum Gasteiger partial charge on any atom is 0.261 e. The number of halogens is 1. The van der Waals surface area contributed by atoms with Crippen molar-refractivity contribution < 1.29 is 19.0 Å². The van der Waals surface area contributed by atoms with Gasteiger partial charge < -0.3 is 15.2 Å². The monoisotopic (exact) mass is 297 g/mol. The van der Waals surface area contributed by atoms with E-state index >= 15 is 0 Å². The van der Waals surface area contributed by atoms with Gasteiger partial charge in [-0.2, -0.15) is 0 Å². The average molecular weight is 297 g/mol. The Labute approximate surface area is 120 Å². The molecule has 2 aromatic rings. The van der Waals surface area contributed by atoms with Crippen LogP contribution in [0.1, 0.15) is 16.1 Å². The van der Waals surface area contributed by atoms with E-state index in [1.807, 2.05) is 0 Å². The third-order valence-electron chi connectivity index (χ3n) is 2.72. The number of carbonyl (C=O) groups is 1. The highest BCUT2D eigenvalue weighted by Gasteiger charge is 2.11. The van der Waals surface area contributed by atoms with Crippen molar-refractivity contribution in [1.82, 2.24) is 5.32 Å². The number of hydrogen-bond acceptors (Lipinski definition) is 4. The number of hydrogen-bond donors (Lipinski definition) is 2. The van der Waals surface area contributed by atoms with E-state index in [0.29, 0.717) is 36.4 Å². The van der Waals surface area contributed by atoms with Crippen LogP contribution in [0.4, 0.5) is 4.39 Å². The second kappa shape index (κ2) is 7.33. The van der Waals surface area contributed by atoms with Gasteiger partial charge in [0.15, 0.2) is 0 Å². The van der Waals surface area contributed by atoms with Crippen molar-refractivity contribution in [3.05, 3.63) is 35.0 Å². The summed E-state index contributed by atoms with van der Waals surface area (Å²) >= 11 is 1.28. The minimum Gasteiger partial charge on any atom is -0.394 e. The summed E-state index contributed by atoms with van der Waals surface area (Å²) in [6.45, 7) is 1.28. The largest absolute Gasteiger partial charge is 0.394 e. The summed E-state index contributed by atoms with van der Waals surface area (Å²) in [5.41, 5.74) is 0. The predicted octanol–water partition coefficient (Wildman–Crippen LogP) is 2.17. The van der Waals surface area contributed by atoms with Gasteiger partial charge in [-0.15, -0.1) is 11.3 Å². The molecule has 0 radical (unpaired) electrons. The van der Waals surface area contributed by atoms with Crippen LogP contribution in [0.3, 0.4) is 0 Å². The molecule has 0 bridgehead atoms. The summed E-state index contributed by atoms with van der Waals surface area (Å²) in [5.74, 6) is -0.511. The van der Waals surface area contributed by atoms with Crippen LogP contribution < -0.4 is 5.32 Å². The number of rotatable bonds is 7. The molecule has 1 heterocycles. The highest BCUT2D eigenvalue weighted by atomic mass is 32.1. The lowest BCUT2D eigenvalue weighted by Gasteiger charge is -2.03. The molecule has 1 aromatic heterocycles. The maximum atomic E-state index is 13.5. The van der Waals surface area contributed by atoms with Crippen molar-refractivity contribution in [3.63, 3.8) is 0 Å². The third kappa shape index (κ3) is 3.75. The topological polar surface area (TPSA) is 58.6 Å². The Morgan fingerprint density at radius 2 is 2.25 bits per heavy atom. The summed E-state index contributed by atoms with van der Waals surface area (Å²) in [5, 5.41) is 11.8. The Hall–Kier alpha value is -1.50. The van der Waals surface area contributed by atoms with E-state index in [-0.39, 0.29) is 18.3 Å². The molecule has 1 aromatic carbocycles. The lowest BCUT2D eigenvalue weighted by atomic mass is 10.2. The molecule has 0 saturated carbocycles. The van der Waals surface area contributed by atoms with Crippen LogP contribution in [0.25, 0.3) is 10.1 Å². The lowest BCUT2D eigenvalue weighted by molar-refractivity contribution is 0.0869. The average Bonchev–Trinajstić information content (AvgIpc) is 2.88. The molecule has 0 unspecified atom stereocenters. The second-order valence-corrected chi connectivity index (χ2v) is 5.29. The molecule has 0 aliphatic carbocycles. The van der Waals surface area contributed by atoms with Crippen LogP contribution in [0.2, 0.25) is 0 Å². The predicted molar refractivity (Wildman–Crippen MR) is 76.6 cm³/mol. The van der Waals surface area contributed by atoms with Crippen LogP contribution in [0.5, 0.6) is 0 Å². The molecule has 2 rings (SSSR count). The van der Waals surface area contributed by atoms with Gasteiger partial charge in [0.1, 0.15) is 5.82 Å². The zero-order valence-corrected chi connectivity index (χ0v) is 11.7. The molecule has 4 nitrogen and oxygen atoms in total. The molecule has 6 heteroatoms. The number of benzene rings is 1. The first-order chi connectivity index (χ1) is 9.72. The number of thiophene rings is 1. The molecular formula is C14H16FNO3S. The number of aliphatic hydroxyl groups is 1. The van der Waals surface area contributed by atoms with Crippen LogP contribution in [0.15, 0.2) is 24.3 Å². The van der Waals surface area contributed by atoms with Crippen LogP contribution in [-0.4, -0.2) is 37.4 Å². The minimum atomic E-state index is -0.310. The molecule has 0 spiro atoms. The molecule has 0 aliphatic heterocycles. The Morgan fingerprint density at radius 3 is 3.00 bits per heavy atom.